The van der Waals surface area contributed by atoms with Gasteiger partial charge >= 0.3 is 0 Å². The number of aryl methyl sites for hydroxylation is 1. The first kappa shape index (κ1) is 21.4. The second-order valence-electron chi connectivity index (χ2n) is 8.47. The van der Waals surface area contributed by atoms with E-state index in [2.05, 4.69) is 44.3 Å². The van der Waals surface area contributed by atoms with Crippen LogP contribution < -0.4 is 10.2 Å². The summed E-state index contributed by atoms with van der Waals surface area (Å²) in [6.45, 7) is 4.02. The third kappa shape index (κ3) is 4.68. The molecule has 2 aromatic carbocycles. The molecule has 4 aromatic rings. The summed E-state index contributed by atoms with van der Waals surface area (Å²) in [6.07, 6.45) is 5.31. The Morgan fingerprint density at radius 3 is 2.70 bits per heavy atom. The largest absolute Gasteiger partial charge is 0.355 e. The summed E-state index contributed by atoms with van der Waals surface area (Å²) >= 11 is 5.95. The van der Waals surface area contributed by atoms with Crippen LogP contribution in [0.25, 0.3) is 16.7 Å². The summed E-state index contributed by atoms with van der Waals surface area (Å²) in [5.41, 5.74) is 3.85. The predicted octanol–water partition coefficient (Wildman–Crippen LogP) is 4.31. The molecule has 2 aromatic heterocycles. The predicted molar refractivity (Wildman–Crippen MR) is 130 cm³/mol. The average molecular weight is 461 g/mol. The first-order valence-electron chi connectivity index (χ1n) is 11.1. The van der Waals surface area contributed by atoms with Gasteiger partial charge in [0.1, 0.15) is 12.1 Å². The average Bonchev–Trinajstić information content (AvgIpc) is 3.28. The highest BCUT2D eigenvalue weighted by molar-refractivity contribution is 6.30. The Labute approximate surface area is 197 Å². The monoisotopic (exact) mass is 460 g/mol. The van der Waals surface area contributed by atoms with Crippen molar-refractivity contribution in [2.45, 2.75) is 26.3 Å². The number of carbonyl (C=O) groups excluding carboxylic acids is 1. The van der Waals surface area contributed by atoms with Crippen molar-refractivity contribution in [1.82, 2.24) is 25.1 Å². The number of hydrogen-bond acceptors (Lipinski definition) is 5. The van der Waals surface area contributed by atoms with Crippen molar-refractivity contribution in [2.24, 2.45) is 5.92 Å². The number of anilines is 1. The molecule has 0 bridgehead atoms. The lowest BCUT2D eigenvalue weighted by Gasteiger charge is -2.33. The van der Waals surface area contributed by atoms with Crippen LogP contribution in [0.15, 0.2) is 61.1 Å². The molecule has 1 N–H and O–H groups in total. The first-order valence-corrected chi connectivity index (χ1v) is 11.5. The van der Waals surface area contributed by atoms with Gasteiger partial charge < -0.3 is 10.2 Å². The van der Waals surface area contributed by atoms with Gasteiger partial charge in [0.2, 0.25) is 5.91 Å². The van der Waals surface area contributed by atoms with Crippen molar-refractivity contribution < 1.29 is 4.79 Å². The summed E-state index contributed by atoms with van der Waals surface area (Å²) in [6, 6.07) is 15.7. The Balaban J connectivity index is 1.32. The highest BCUT2D eigenvalue weighted by Crippen LogP contribution is 2.28. The molecule has 1 saturated heterocycles. The molecule has 1 aliphatic rings. The fraction of sp³-hybridized carbons (Fsp3) is 0.280. The van der Waals surface area contributed by atoms with Gasteiger partial charge in [-0.05, 0) is 49.6 Å². The molecule has 0 aliphatic carbocycles. The van der Waals surface area contributed by atoms with Crippen LogP contribution in [0, 0.1) is 12.8 Å². The van der Waals surface area contributed by atoms with Crippen LogP contribution in [-0.4, -0.2) is 38.7 Å². The van der Waals surface area contributed by atoms with Crippen molar-refractivity contribution in [2.75, 3.05) is 18.0 Å². The number of hydrogen-bond donors (Lipinski definition) is 1. The van der Waals surface area contributed by atoms with Gasteiger partial charge in [0, 0.05) is 30.9 Å². The highest BCUT2D eigenvalue weighted by Gasteiger charge is 2.28. The number of benzene rings is 2. The van der Waals surface area contributed by atoms with E-state index in [0.29, 0.717) is 23.8 Å². The van der Waals surface area contributed by atoms with Crippen molar-refractivity contribution >= 4 is 34.4 Å². The van der Waals surface area contributed by atoms with E-state index >= 15 is 0 Å². The van der Waals surface area contributed by atoms with Gasteiger partial charge in [-0.25, -0.2) is 14.6 Å². The maximum Gasteiger partial charge on any atom is 0.225 e. The van der Waals surface area contributed by atoms with E-state index in [-0.39, 0.29) is 11.8 Å². The Bertz CT molecular complexity index is 1270. The van der Waals surface area contributed by atoms with Gasteiger partial charge in [0.05, 0.1) is 17.0 Å². The van der Waals surface area contributed by atoms with Crippen molar-refractivity contribution in [3.63, 3.8) is 0 Å². The normalized spacial score (nSPS) is 16.2. The molecule has 168 valence electrons. The SMILES string of the molecule is Cc1ccc(-n2cc3c(N4CCC[C@@H](C(=O)NCc5ccc(Cl)cc5)C4)ncnc3n2)cc1. The number of piperidine rings is 1. The lowest BCUT2D eigenvalue weighted by molar-refractivity contribution is -0.125. The van der Waals surface area contributed by atoms with Crippen molar-refractivity contribution in [3.05, 3.63) is 77.2 Å². The number of nitrogens with zero attached hydrogens (tertiary/aromatic N) is 5. The molecule has 5 rings (SSSR count). The number of carbonyl (C=O) groups is 1. The van der Waals surface area contributed by atoms with Crippen LogP contribution in [0.3, 0.4) is 0 Å². The minimum Gasteiger partial charge on any atom is -0.355 e. The molecular formula is C25H25ClN6O. The molecule has 0 saturated carbocycles. The minimum atomic E-state index is -0.0943. The minimum absolute atomic E-state index is 0.0651. The maximum absolute atomic E-state index is 12.9. The van der Waals surface area contributed by atoms with Crippen LogP contribution >= 0.6 is 11.6 Å². The molecule has 33 heavy (non-hydrogen) atoms. The molecule has 1 fully saturated rings. The van der Waals surface area contributed by atoms with Crippen LogP contribution in [0.1, 0.15) is 24.0 Å². The van der Waals surface area contributed by atoms with E-state index in [0.717, 1.165) is 41.8 Å². The quantitative estimate of drug-likeness (QED) is 0.480. The molecule has 1 atom stereocenters. The van der Waals surface area contributed by atoms with Crippen LogP contribution in [0.4, 0.5) is 5.82 Å². The third-order valence-electron chi connectivity index (χ3n) is 6.07. The zero-order valence-corrected chi connectivity index (χ0v) is 19.2. The van der Waals surface area contributed by atoms with Crippen molar-refractivity contribution in [3.8, 4) is 5.69 Å². The van der Waals surface area contributed by atoms with E-state index < -0.39 is 0 Å². The first-order chi connectivity index (χ1) is 16.1. The van der Waals surface area contributed by atoms with E-state index in [9.17, 15) is 4.79 Å². The van der Waals surface area contributed by atoms with E-state index in [1.165, 1.54) is 5.56 Å². The second kappa shape index (κ2) is 9.19. The van der Waals surface area contributed by atoms with Gasteiger partial charge in [0.25, 0.3) is 0 Å². The summed E-state index contributed by atoms with van der Waals surface area (Å²) in [4.78, 5) is 24.0. The highest BCUT2D eigenvalue weighted by atomic mass is 35.5. The number of aromatic nitrogens is 4. The lowest BCUT2D eigenvalue weighted by Crippen LogP contribution is -2.43. The number of amides is 1. The molecule has 0 radical (unpaired) electrons. The third-order valence-corrected chi connectivity index (χ3v) is 6.32. The van der Waals surface area contributed by atoms with Crippen LogP contribution in [0.5, 0.6) is 0 Å². The number of nitrogens with one attached hydrogen (secondary N) is 1. The summed E-state index contributed by atoms with van der Waals surface area (Å²) in [5, 5.41) is 9.29. The van der Waals surface area contributed by atoms with E-state index in [4.69, 9.17) is 11.6 Å². The van der Waals surface area contributed by atoms with Gasteiger partial charge in [-0.15, -0.1) is 5.10 Å². The molecule has 1 amide bonds. The van der Waals surface area contributed by atoms with Gasteiger partial charge in [-0.2, -0.15) is 0 Å². The number of fused-ring (bicyclic) bond motifs is 1. The van der Waals surface area contributed by atoms with Crippen molar-refractivity contribution in [1.29, 1.82) is 0 Å². The topological polar surface area (TPSA) is 75.9 Å². The zero-order chi connectivity index (χ0) is 22.8. The molecule has 3 heterocycles. The number of rotatable bonds is 5. The van der Waals surface area contributed by atoms with E-state index in [1.54, 1.807) is 6.33 Å². The van der Waals surface area contributed by atoms with Crippen LogP contribution in [0.2, 0.25) is 5.02 Å². The van der Waals surface area contributed by atoms with Gasteiger partial charge in [-0.3, -0.25) is 4.79 Å². The smallest absolute Gasteiger partial charge is 0.225 e. The molecule has 0 unspecified atom stereocenters. The Morgan fingerprint density at radius 1 is 1.12 bits per heavy atom. The van der Waals surface area contributed by atoms with Gasteiger partial charge in [-0.1, -0.05) is 41.4 Å². The molecule has 0 spiro atoms. The fourth-order valence-corrected chi connectivity index (χ4v) is 4.35. The lowest BCUT2D eigenvalue weighted by atomic mass is 9.97. The molecule has 7 nitrogen and oxygen atoms in total. The Morgan fingerprint density at radius 2 is 1.91 bits per heavy atom. The second-order valence-corrected chi connectivity index (χ2v) is 8.91. The summed E-state index contributed by atoms with van der Waals surface area (Å²) < 4.78 is 1.84. The maximum atomic E-state index is 12.9. The molecule has 1 aliphatic heterocycles. The summed E-state index contributed by atoms with van der Waals surface area (Å²) in [5.74, 6) is 0.798. The standard InChI is InChI=1S/C25H25ClN6O/c1-17-4-10-21(11-5-17)32-15-22-23(30-32)28-16-29-24(22)31-12-2-3-19(14-31)25(33)27-13-18-6-8-20(26)9-7-18/h4-11,15-16,19H,2-3,12-14H2,1H3,(H,27,33)/t19-/m1/s1. The fourth-order valence-electron chi connectivity index (χ4n) is 4.23. The summed E-state index contributed by atoms with van der Waals surface area (Å²) in [7, 11) is 0. The van der Waals surface area contributed by atoms with Crippen LogP contribution in [-0.2, 0) is 11.3 Å². The molecule has 8 heteroatoms. The number of halogens is 1. The zero-order valence-electron chi connectivity index (χ0n) is 18.4. The Hall–Kier alpha value is -3.45. The Kier molecular flexibility index (Phi) is 5.96. The van der Waals surface area contributed by atoms with Gasteiger partial charge in [0.15, 0.2) is 5.65 Å². The molecular weight excluding hydrogens is 436 g/mol. The van der Waals surface area contributed by atoms with E-state index in [1.807, 2.05) is 47.3 Å².